The first-order valence-electron chi connectivity index (χ1n) is 9.45. The Kier molecular flexibility index (Phi) is 5.69. The summed E-state index contributed by atoms with van der Waals surface area (Å²) in [7, 11) is 0. The molecule has 1 amide bonds. The maximum Gasteiger partial charge on any atom is 0.252 e. The van der Waals surface area contributed by atoms with Crippen LogP contribution in [0.1, 0.15) is 27.7 Å². The van der Waals surface area contributed by atoms with Gasteiger partial charge in [-0.25, -0.2) is 4.98 Å². The average Bonchev–Trinajstić information content (AvgIpc) is 3.21. The first-order chi connectivity index (χ1) is 13.7. The predicted molar refractivity (Wildman–Crippen MR) is 111 cm³/mol. The Bertz CT molecular complexity index is 924. The fourth-order valence-electron chi connectivity index (χ4n) is 3.30. The van der Waals surface area contributed by atoms with Crippen LogP contribution in [0.5, 0.6) is 11.6 Å². The molecule has 28 heavy (non-hydrogen) atoms. The standard InChI is InChI=1S/C22H23N3O2S/c1-16(25-11-9-20-18(15-25)10-12-28-20)13-24-22(26)17-7-8-21(23-14-17)27-19-5-3-2-4-6-19/h2-8,10,12,14,16H,9,11,13,15H2,1H3,(H,24,26)/t16-/m1/s1. The minimum Gasteiger partial charge on any atom is -0.439 e. The molecule has 2 aromatic heterocycles. The summed E-state index contributed by atoms with van der Waals surface area (Å²) in [6.07, 6.45) is 2.65. The van der Waals surface area contributed by atoms with Crippen LogP contribution in [0.2, 0.25) is 0 Å². The van der Waals surface area contributed by atoms with E-state index in [0.717, 1.165) is 25.3 Å². The van der Waals surface area contributed by atoms with Gasteiger partial charge in [-0.15, -0.1) is 11.3 Å². The molecule has 0 unspecified atom stereocenters. The van der Waals surface area contributed by atoms with Gasteiger partial charge in [-0.05, 0) is 48.6 Å². The number of amides is 1. The monoisotopic (exact) mass is 393 g/mol. The molecule has 0 fully saturated rings. The topological polar surface area (TPSA) is 54.5 Å². The van der Waals surface area contributed by atoms with Crippen molar-refractivity contribution in [1.29, 1.82) is 0 Å². The van der Waals surface area contributed by atoms with Gasteiger partial charge >= 0.3 is 0 Å². The Morgan fingerprint density at radius 1 is 1.25 bits per heavy atom. The van der Waals surface area contributed by atoms with Gasteiger partial charge in [0.1, 0.15) is 5.75 Å². The summed E-state index contributed by atoms with van der Waals surface area (Å²) < 4.78 is 5.66. The van der Waals surface area contributed by atoms with Crippen LogP contribution in [0.25, 0.3) is 0 Å². The second-order valence-corrected chi connectivity index (χ2v) is 7.95. The molecule has 0 radical (unpaired) electrons. The number of aromatic nitrogens is 1. The van der Waals surface area contributed by atoms with E-state index in [1.54, 1.807) is 18.3 Å². The molecule has 0 saturated heterocycles. The van der Waals surface area contributed by atoms with E-state index in [1.807, 2.05) is 41.7 Å². The minimum absolute atomic E-state index is 0.112. The summed E-state index contributed by atoms with van der Waals surface area (Å²) in [4.78, 5) is 20.6. The smallest absolute Gasteiger partial charge is 0.252 e. The van der Waals surface area contributed by atoms with Crippen molar-refractivity contribution in [3.05, 3.63) is 76.1 Å². The Morgan fingerprint density at radius 2 is 2.11 bits per heavy atom. The third-order valence-electron chi connectivity index (χ3n) is 4.98. The number of hydrogen-bond acceptors (Lipinski definition) is 5. The average molecular weight is 394 g/mol. The van der Waals surface area contributed by atoms with Crippen molar-refractivity contribution in [2.45, 2.75) is 25.9 Å². The first-order valence-corrected chi connectivity index (χ1v) is 10.3. The van der Waals surface area contributed by atoms with E-state index in [0.29, 0.717) is 18.0 Å². The highest BCUT2D eigenvalue weighted by Crippen LogP contribution is 2.25. The van der Waals surface area contributed by atoms with Crippen molar-refractivity contribution in [3.8, 4) is 11.6 Å². The van der Waals surface area contributed by atoms with E-state index in [-0.39, 0.29) is 11.9 Å². The molecule has 5 nitrogen and oxygen atoms in total. The number of nitrogens with zero attached hydrogens (tertiary/aromatic N) is 2. The van der Waals surface area contributed by atoms with Gasteiger partial charge < -0.3 is 10.1 Å². The number of para-hydroxylation sites is 1. The lowest BCUT2D eigenvalue weighted by Crippen LogP contribution is -2.44. The summed E-state index contributed by atoms with van der Waals surface area (Å²) in [5, 5.41) is 5.19. The second kappa shape index (κ2) is 8.54. The highest BCUT2D eigenvalue weighted by atomic mass is 32.1. The number of pyridine rings is 1. The summed E-state index contributed by atoms with van der Waals surface area (Å²) in [6, 6.07) is 15.4. The largest absolute Gasteiger partial charge is 0.439 e. The van der Waals surface area contributed by atoms with Gasteiger partial charge in [0.05, 0.1) is 5.56 Å². The summed E-state index contributed by atoms with van der Waals surface area (Å²) in [5.74, 6) is 1.08. The van der Waals surface area contributed by atoms with Crippen LogP contribution in [0.15, 0.2) is 60.1 Å². The highest BCUT2D eigenvalue weighted by Gasteiger charge is 2.21. The van der Waals surface area contributed by atoms with Crippen molar-refractivity contribution in [3.63, 3.8) is 0 Å². The molecule has 1 aromatic carbocycles. The van der Waals surface area contributed by atoms with Gasteiger partial charge in [0, 0.05) is 42.8 Å². The number of benzene rings is 1. The number of fused-ring (bicyclic) bond motifs is 1. The molecule has 0 bridgehead atoms. The summed E-state index contributed by atoms with van der Waals surface area (Å²) in [5.41, 5.74) is 1.96. The molecule has 0 spiro atoms. The molecule has 3 aromatic rings. The molecular weight excluding hydrogens is 370 g/mol. The zero-order chi connectivity index (χ0) is 19.3. The Morgan fingerprint density at radius 3 is 2.89 bits per heavy atom. The van der Waals surface area contributed by atoms with Crippen LogP contribution >= 0.6 is 11.3 Å². The fourth-order valence-corrected chi connectivity index (χ4v) is 4.19. The number of nitrogens with one attached hydrogen (secondary N) is 1. The Balaban J connectivity index is 1.29. The number of hydrogen-bond donors (Lipinski definition) is 1. The van der Waals surface area contributed by atoms with E-state index < -0.39 is 0 Å². The van der Waals surface area contributed by atoms with E-state index in [1.165, 1.54) is 10.4 Å². The zero-order valence-corrected chi connectivity index (χ0v) is 16.6. The molecule has 1 aliphatic heterocycles. The maximum atomic E-state index is 12.4. The number of rotatable bonds is 6. The lowest BCUT2D eigenvalue weighted by Gasteiger charge is -2.32. The van der Waals surface area contributed by atoms with Crippen LogP contribution in [-0.4, -0.2) is 34.9 Å². The SMILES string of the molecule is C[C@H](CNC(=O)c1ccc(Oc2ccccc2)nc1)N1CCc2sccc2C1. The lowest BCUT2D eigenvalue weighted by atomic mass is 10.1. The first kappa shape index (κ1) is 18.7. The summed E-state index contributed by atoms with van der Waals surface area (Å²) >= 11 is 1.84. The molecule has 3 heterocycles. The Hall–Kier alpha value is -2.70. The van der Waals surface area contributed by atoms with Crippen LogP contribution in [0, 0.1) is 0 Å². The van der Waals surface area contributed by atoms with Gasteiger partial charge in [0.2, 0.25) is 5.88 Å². The second-order valence-electron chi connectivity index (χ2n) is 6.95. The maximum absolute atomic E-state index is 12.4. The quantitative estimate of drug-likeness (QED) is 0.685. The number of thiophene rings is 1. The van der Waals surface area contributed by atoms with Gasteiger partial charge in [0.25, 0.3) is 5.91 Å². The van der Waals surface area contributed by atoms with E-state index >= 15 is 0 Å². The molecule has 1 N–H and O–H groups in total. The normalized spacial score (nSPS) is 14.9. The van der Waals surface area contributed by atoms with Crippen LogP contribution in [-0.2, 0) is 13.0 Å². The van der Waals surface area contributed by atoms with Crippen LogP contribution < -0.4 is 10.1 Å². The fraction of sp³-hybridized carbons (Fsp3) is 0.273. The van der Waals surface area contributed by atoms with Gasteiger partial charge in [0.15, 0.2) is 0 Å². The van der Waals surface area contributed by atoms with E-state index in [9.17, 15) is 4.79 Å². The molecular formula is C22H23N3O2S. The molecule has 6 heteroatoms. The number of carbonyl (C=O) groups is 1. The lowest BCUT2D eigenvalue weighted by molar-refractivity contribution is 0.0932. The third-order valence-corrected chi connectivity index (χ3v) is 6.01. The molecule has 0 aliphatic carbocycles. The summed E-state index contributed by atoms with van der Waals surface area (Å²) in [6.45, 7) is 4.77. The van der Waals surface area contributed by atoms with Crippen molar-refractivity contribution in [1.82, 2.24) is 15.2 Å². The number of ether oxygens (including phenoxy) is 1. The van der Waals surface area contributed by atoms with Gasteiger partial charge in [-0.2, -0.15) is 0 Å². The van der Waals surface area contributed by atoms with Crippen LogP contribution in [0.3, 0.4) is 0 Å². The minimum atomic E-state index is -0.112. The predicted octanol–water partition coefficient (Wildman–Crippen LogP) is 4.11. The van der Waals surface area contributed by atoms with E-state index in [4.69, 9.17) is 4.74 Å². The van der Waals surface area contributed by atoms with Crippen molar-refractivity contribution < 1.29 is 9.53 Å². The molecule has 4 rings (SSSR count). The molecule has 1 atom stereocenters. The highest BCUT2D eigenvalue weighted by molar-refractivity contribution is 7.10. The van der Waals surface area contributed by atoms with Crippen molar-refractivity contribution in [2.75, 3.05) is 13.1 Å². The third kappa shape index (κ3) is 4.40. The molecule has 144 valence electrons. The van der Waals surface area contributed by atoms with Crippen LogP contribution in [0.4, 0.5) is 0 Å². The molecule has 0 saturated carbocycles. The molecule has 1 aliphatic rings. The van der Waals surface area contributed by atoms with Crippen molar-refractivity contribution in [2.24, 2.45) is 0 Å². The number of carbonyl (C=O) groups excluding carboxylic acids is 1. The van der Waals surface area contributed by atoms with Gasteiger partial charge in [-0.3, -0.25) is 9.69 Å². The Labute approximate surface area is 169 Å². The van der Waals surface area contributed by atoms with E-state index in [2.05, 4.69) is 33.6 Å². The van der Waals surface area contributed by atoms with Gasteiger partial charge in [-0.1, -0.05) is 18.2 Å². The zero-order valence-electron chi connectivity index (χ0n) is 15.8. The van der Waals surface area contributed by atoms with Crippen molar-refractivity contribution >= 4 is 17.2 Å².